The number of nitro benzene ring substituents is 2. The molecule has 0 aliphatic heterocycles. The van der Waals surface area contributed by atoms with Crippen molar-refractivity contribution in [2.75, 3.05) is 10.1 Å². The first-order valence-electron chi connectivity index (χ1n) is 9.49. The molecule has 0 aromatic heterocycles. The molecule has 0 saturated heterocycles. The molecule has 12 heteroatoms. The van der Waals surface area contributed by atoms with Gasteiger partial charge in [-0.2, -0.15) is 5.10 Å². The molecule has 3 aromatic rings. The van der Waals surface area contributed by atoms with Gasteiger partial charge in [0.05, 0.1) is 26.6 Å². The molecule has 11 nitrogen and oxygen atoms in total. The Kier molecular flexibility index (Phi) is 6.68. The number of rotatable bonds is 8. The van der Waals surface area contributed by atoms with Crippen molar-refractivity contribution in [2.45, 2.75) is 18.7 Å². The van der Waals surface area contributed by atoms with Gasteiger partial charge in [0, 0.05) is 18.2 Å². The Hall–Kier alpha value is -4.32. The number of hydrazone groups is 1. The molecule has 3 aromatic carbocycles. The van der Waals surface area contributed by atoms with Crippen molar-refractivity contribution < 1.29 is 18.3 Å². The zero-order valence-corrected chi connectivity index (χ0v) is 18.4. The lowest BCUT2D eigenvalue weighted by molar-refractivity contribution is -0.384. The highest BCUT2D eigenvalue weighted by Gasteiger charge is 2.22. The minimum absolute atomic E-state index is 0.0244. The lowest BCUT2D eigenvalue weighted by Crippen LogP contribution is -2.14. The van der Waals surface area contributed by atoms with Gasteiger partial charge < -0.3 is 0 Å². The summed E-state index contributed by atoms with van der Waals surface area (Å²) >= 11 is 0. The maximum absolute atomic E-state index is 12.8. The smallest absolute Gasteiger partial charge is 0.279 e. The molecule has 0 radical (unpaired) electrons. The summed E-state index contributed by atoms with van der Waals surface area (Å²) in [5.41, 5.74) is 4.49. The summed E-state index contributed by atoms with van der Waals surface area (Å²) in [4.78, 5) is 20.7. The first-order chi connectivity index (χ1) is 15.6. The average Bonchev–Trinajstić information content (AvgIpc) is 2.76. The van der Waals surface area contributed by atoms with Crippen LogP contribution in [0.25, 0.3) is 0 Å². The van der Waals surface area contributed by atoms with Crippen LogP contribution < -0.4 is 10.1 Å². The number of nitrogens with zero attached hydrogens (tertiary/aromatic N) is 3. The van der Waals surface area contributed by atoms with Gasteiger partial charge in [0.25, 0.3) is 21.4 Å². The van der Waals surface area contributed by atoms with Gasteiger partial charge in [-0.1, -0.05) is 17.7 Å². The summed E-state index contributed by atoms with van der Waals surface area (Å²) < 4.78 is 28.0. The zero-order chi connectivity index (χ0) is 24.2. The van der Waals surface area contributed by atoms with Crippen molar-refractivity contribution in [1.82, 2.24) is 0 Å². The van der Waals surface area contributed by atoms with Crippen LogP contribution >= 0.6 is 0 Å². The lowest BCUT2D eigenvalue weighted by Gasteiger charge is -2.12. The van der Waals surface area contributed by atoms with Crippen molar-refractivity contribution in [1.29, 1.82) is 0 Å². The van der Waals surface area contributed by atoms with E-state index >= 15 is 0 Å². The van der Waals surface area contributed by atoms with Crippen LogP contribution in [-0.4, -0.2) is 24.5 Å². The number of hydrogen-bond acceptors (Lipinski definition) is 8. The van der Waals surface area contributed by atoms with E-state index < -0.39 is 25.6 Å². The van der Waals surface area contributed by atoms with Crippen molar-refractivity contribution in [2.24, 2.45) is 5.10 Å². The molecule has 0 fully saturated rings. The van der Waals surface area contributed by atoms with Crippen molar-refractivity contribution in [3.8, 4) is 0 Å². The van der Waals surface area contributed by atoms with Crippen LogP contribution in [0.2, 0.25) is 0 Å². The molecule has 0 atom stereocenters. The van der Waals surface area contributed by atoms with Crippen molar-refractivity contribution in [3.63, 3.8) is 0 Å². The standard InChI is InChI=1S/C21H19N5O6S/c1-14-3-9-19(15(2)11-14)24-33(31,32)18-8-10-20(21(12-18)26(29)30)23-22-13-16-4-6-17(7-5-16)25(27)28/h3-13,23-24H,1-2H3. The fourth-order valence-electron chi connectivity index (χ4n) is 2.91. The molecule has 3 rings (SSSR count). The summed E-state index contributed by atoms with van der Waals surface area (Å²) in [5, 5.41) is 26.1. The Morgan fingerprint density at radius 2 is 1.55 bits per heavy atom. The monoisotopic (exact) mass is 469 g/mol. The van der Waals surface area contributed by atoms with Gasteiger partial charge in [0.15, 0.2) is 0 Å². The van der Waals surface area contributed by atoms with E-state index in [4.69, 9.17) is 0 Å². The van der Waals surface area contributed by atoms with E-state index in [2.05, 4.69) is 15.2 Å². The minimum Gasteiger partial charge on any atom is -0.279 e. The predicted octanol–water partition coefficient (Wildman–Crippen LogP) is 4.37. The van der Waals surface area contributed by atoms with Gasteiger partial charge in [0.2, 0.25) is 0 Å². The Labute approximate surface area is 189 Å². The minimum atomic E-state index is -4.07. The average molecular weight is 469 g/mol. The molecule has 0 aliphatic rings. The topological polar surface area (TPSA) is 157 Å². The second-order valence-electron chi connectivity index (χ2n) is 7.08. The van der Waals surface area contributed by atoms with Gasteiger partial charge in [-0.15, -0.1) is 0 Å². The molecule has 0 heterocycles. The second kappa shape index (κ2) is 9.44. The second-order valence-corrected chi connectivity index (χ2v) is 8.76. The number of benzene rings is 3. The molecule has 0 amide bonds. The van der Waals surface area contributed by atoms with Crippen molar-refractivity contribution >= 4 is 39.0 Å². The molecule has 33 heavy (non-hydrogen) atoms. The Morgan fingerprint density at radius 3 is 2.15 bits per heavy atom. The van der Waals surface area contributed by atoms with E-state index in [9.17, 15) is 28.6 Å². The van der Waals surface area contributed by atoms with E-state index in [1.54, 1.807) is 19.1 Å². The Bertz CT molecular complexity index is 1350. The number of nitro groups is 2. The fraction of sp³-hybridized carbons (Fsp3) is 0.0952. The maximum Gasteiger partial charge on any atom is 0.295 e. The molecule has 0 aliphatic carbocycles. The fourth-order valence-corrected chi connectivity index (χ4v) is 4.06. The molecular weight excluding hydrogens is 450 g/mol. The van der Waals surface area contributed by atoms with E-state index in [0.717, 1.165) is 11.6 Å². The number of nitrogens with one attached hydrogen (secondary N) is 2. The zero-order valence-electron chi connectivity index (χ0n) is 17.6. The molecule has 170 valence electrons. The van der Waals surface area contributed by atoms with Crippen LogP contribution in [0.1, 0.15) is 16.7 Å². The number of anilines is 2. The van der Waals surface area contributed by atoms with Crippen LogP contribution in [0, 0.1) is 34.1 Å². The van der Waals surface area contributed by atoms with Crippen LogP contribution in [0.5, 0.6) is 0 Å². The first kappa shape index (κ1) is 23.3. The van der Waals surface area contributed by atoms with Gasteiger partial charge in [-0.05, 0) is 55.3 Å². The SMILES string of the molecule is Cc1ccc(NS(=O)(=O)c2ccc(NN=Cc3ccc([N+](=O)[O-])cc3)c([N+](=O)[O-])c2)c(C)c1. The summed E-state index contributed by atoms with van der Waals surface area (Å²) in [6, 6.07) is 14.1. The third-order valence-electron chi connectivity index (χ3n) is 4.60. The molecule has 0 unspecified atom stereocenters. The molecular formula is C21H19N5O6S. The largest absolute Gasteiger partial charge is 0.295 e. The van der Waals surface area contributed by atoms with Gasteiger partial charge in [-0.25, -0.2) is 8.42 Å². The summed E-state index contributed by atoms with van der Waals surface area (Å²) in [6.07, 6.45) is 1.32. The first-order valence-corrected chi connectivity index (χ1v) is 11.0. The normalized spacial score (nSPS) is 11.3. The van der Waals surface area contributed by atoms with Crippen molar-refractivity contribution in [3.05, 3.63) is 97.6 Å². The van der Waals surface area contributed by atoms with E-state index in [0.29, 0.717) is 16.8 Å². The van der Waals surface area contributed by atoms with Crippen LogP contribution in [-0.2, 0) is 10.0 Å². The quantitative estimate of drug-likeness (QED) is 0.282. The summed E-state index contributed by atoms with van der Waals surface area (Å²) in [5.74, 6) is 0. The number of non-ortho nitro benzene ring substituents is 1. The van der Waals surface area contributed by atoms with Gasteiger partial charge in [0.1, 0.15) is 5.69 Å². The summed E-state index contributed by atoms with van der Waals surface area (Å²) in [6.45, 7) is 3.63. The van der Waals surface area contributed by atoms with Crippen LogP contribution in [0.15, 0.2) is 70.7 Å². The summed E-state index contributed by atoms with van der Waals surface area (Å²) in [7, 11) is -4.07. The van der Waals surface area contributed by atoms with E-state index in [-0.39, 0.29) is 16.3 Å². The van der Waals surface area contributed by atoms with Crippen LogP contribution in [0.3, 0.4) is 0 Å². The molecule has 0 saturated carbocycles. The lowest BCUT2D eigenvalue weighted by atomic mass is 10.1. The third kappa shape index (κ3) is 5.68. The molecule has 2 N–H and O–H groups in total. The highest BCUT2D eigenvalue weighted by molar-refractivity contribution is 7.92. The number of aryl methyl sites for hydroxylation is 2. The Balaban J connectivity index is 1.82. The van der Waals surface area contributed by atoms with E-state index in [1.165, 1.54) is 42.6 Å². The molecule has 0 bridgehead atoms. The maximum atomic E-state index is 12.8. The van der Waals surface area contributed by atoms with Gasteiger partial charge >= 0.3 is 0 Å². The third-order valence-corrected chi connectivity index (χ3v) is 5.97. The van der Waals surface area contributed by atoms with E-state index in [1.807, 2.05) is 13.0 Å². The van der Waals surface area contributed by atoms with Gasteiger partial charge in [-0.3, -0.25) is 30.4 Å². The Morgan fingerprint density at radius 1 is 0.879 bits per heavy atom. The molecule has 0 spiro atoms. The predicted molar refractivity (Wildman–Crippen MR) is 124 cm³/mol. The highest BCUT2D eigenvalue weighted by atomic mass is 32.2. The van der Waals surface area contributed by atoms with Crippen LogP contribution in [0.4, 0.5) is 22.7 Å². The number of hydrogen-bond donors (Lipinski definition) is 2. The highest BCUT2D eigenvalue weighted by Crippen LogP contribution is 2.29. The number of sulfonamides is 1.